The van der Waals surface area contributed by atoms with Crippen LogP contribution in [0.3, 0.4) is 0 Å². The van der Waals surface area contributed by atoms with Crippen LogP contribution >= 0.6 is 0 Å². The molecule has 0 saturated heterocycles. The van der Waals surface area contributed by atoms with Crippen molar-refractivity contribution in [2.24, 2.45) is 0 Å². The van der Waals surface area contributed by atoms with Crippen molar-refractivity contribution < 1.29 is 19.5 Å². The molecule has 0 atom stereocenters. The fraction of sp³-hybridized carbons (Fsp3) is 0. The Hall–Kier alpha value is -6.65. The van der Waals surface area contributed by atoms with Crippen LogP contribution in [0.5, 0.6) is 0 Å². The van der Waals surface area contributed by atoms with Crippen LogP contribution in [0.2, 0.25) is 0 Å². The Balaban J connectivity index is 1.37. The molecule has 2 aromatic heterocycles. The zero-order chi connectivity index (χ0) is 42.1. The van der Waals surface area contributed by atoms with Gasteiger partial charge in [0.2, 0.25) is 0 Å². The molecule has 2 heterocycles. The summed E-state index contributed by atoms with van der Waals surface area (Å²) >= 11 is 0. The molecule has 49 heavy (non-hydrogen) atoms. The number of rotatable bonds is 6. The molecule has 0 aliphatic heterocycles. The Bertz CT molecular complexity index is 3060. The second-order valence-electron chi connectivity index (χ2n) is 11.2. The van der Waals surface area contributed by atoms with Gasteiger partial charge in [-0.3, -0.25) is 0 Å². The SMILES string of the molecule is [2H]c1c([2H])c([2H])c(-c2c([2H])c([2H])c([2H])c3oc4c([2H])c([2H])c([2H])c(-c5nc(-c6ccc(-c7ccccc7)cc6)nc(-c6ccc(-c7ccccc7)cc6)n5)c4c23)c([2H])c1[2H]. The summed E-state index contributed by atoms with van der Waals surface area (Å²) in [6, 6.07) is 27.9. The molecule has 0 aliphatic rings. The average molecular weight is 639 g/mol. The summed E-state index contributed by atoms with van der Waals surface area (Å²) in [7, 11) is 0. The van der Waals surface area contributed by atoms with E-state index in [0.717, 1.165) is 22.3 Å². The minimum absolute atomic E-state index is 0.0956. The van der Waals surface area contributed by atoms with Crippen molar-refractivity contribution in [1.29, 1.82) is 0 Å². The highest BCUT2D eigenvalue weighted by Crippen LogP contribution is 2.41. The van der Waals surface area contributed by atoms with Gasteiger partial charge in [0.1, 0.15) is 11.2 Å². The Morgan fingerprint density at radius 3 is 1.31 bits per heavy atom. The van der Waals surface area contributed by atoms with E-state index >= 15 is 0 Å². The maximum absolute atomic E-state index is 9.33. The van der Waals surface area contributed by atoms with Gasteiger partial charge in [-0.1, -0.05) is 164 Å². The summed E-state index contributed by atoms with van der Waals surface area (Å²) in [4.78, 5) is 14.6. The van der Waals surface area contributed by atoms with E-state index in [1.54, 1.807) is 0 Å². The van der Waals surface area contributed by atoms with Crippen LogP contribution in [-0.4, -0.2) is 15.0 Å². The summed E-state index contributed by atoms with van der Waals surface area (Å²) in [5.74, 6) is 0.274. The summed E-state index contributed by atoms with van der Waals surface area (Å²) in [5.41, 5.74) is 3.53. The first-order valence-electron chi connectivity index (χ1n) is 21.0. The largest absolute Gasteiger partial charge is 0.456 e. The number of hydrogen-bond donors (Lipinski definition) is 0. The van der Waals surface area contributed by atoms with E-state index in [9.17, 15) is 1.37 Å². The van der Waals surface area contributed by atoms with Crippen molar-refractivity contribution in [3.8, 4) is 67.5 Å². The molecular formula is C45H29N3O. The maximum Gasteiger partial charge on any atom is 0.164 e. The molecule has 4 nitrogen and oxygen atoms in total. The molecule has 0 unspecified atom stereocenters. The third-order valence-electron chi connectivity index (χ3n) is 8.24. The molecular weight excluding hydrogens is 599 g/mol. The van der Waals surface area contributed by atoms with E-state index in [2.05, 4.69) is 0 Å². The van der Waals surface area contributed by atoms with Crippen molar-refractivity contribution in [1.82, 2.24) is 15.0 Å². The lowest BCUT2D eigenvalue weighted by atomic mass is 9.97. The lowest BCUT2D eigenvalue weighted by molar-refractivity contribution is 0.669. The highest BCUT2D eigenvalue weighted by molar-refractivity contribution is 6.17. The van der Waals surface area contributed by atoms with Crippen molar-refractivity contribution in [3.05, 3.63) is 176 Å². The van der Waals surface area contributed by atoms with Crippen LogP contribution in [-0.2, 0) is 0 Å². The van der Waals surface area contributed by atoms with Crippen LogP contribution in [0.4, 0.5) is 0 Å². The quantitative estimate of drug-likeness (QED) is 0.182. The van der Waals surface area contributed by atoms with Gasteiger partial charge in [-0.15, -0.1) is 0 Å². The van der Waals surface area contributed by atoms with Crippen LogP contribution in [0.15, 0.2) is 180 Å². The number of benzene rings is 7. The van der Waals surface area contributed by atoms with Gasteiger partial charge in [-0.2, -0.15) is 0 Å². The molecule has 7 aromatic carbocycles. The van der Waals surface area contributed by atoms with Gasteiger partial charge < -0.3 is 4.42 Å². The molecule has 0 amide bonds. The van der Waals surface area contributed by atoms with Gasteiger partial charge in [-0.25, -0.2) is 15.0 Å². The summed E-state index contributed by atoms with van der Waals surface area (Å²) in [6.45, 7) is 0. The van der Waals surface area contributed by atoms with E-state index in [1.165, 1.54) is 0 Å². The van der Waals surface area contributed by atoms with E-state index in [4.69, 9.17) is 33.1 Å². The van der Waals surface area contributed by atoms with E-state index in [0.29, 0.717) is 11.1 Å². The highest BCUT2D eigenvalue weighted by Gasteiger charge is 2.20. The topological polar surface area (TPSA) is 51.8 Å². The molecule has 0 bridgehead atoms. The van der Waals surface area contributed by atoms with Gasteiger partial charge in [0, 0.05) is 27.5 Å². The lowest BCUT2D eigenvalue weighted by Gasteiger charge is -2.11. The van der Waals surface area contributed by atoms with Crippen LogP contribution in [0, 0.1) is 0 Å². The fourth-order valence-corrected chi connectivity index (χ4v) is 5.87. The van der Waals surface area contributed by atoms with Gasteiger partial charge in [0.15, 0.2) is 17.5 Å². The van der Waals surface area contributed by atoms with Gasteiger partial charge in [0.25, 0.3) is 0 Å². The van der Waals surface area contributed by atoms with Crippen molar-refractivity contribution in [2.75, 3.05) is 0 Å². The predicted molar refractivity (Wildman–Crippen MR) is 200 cm³/mol. The summed E-state index contributed by atoms with van der Waals surface area (Å²) < 4.78 is 103. The molecule has 9 rings (SSSR count). The van der Waals surface area contributed by atoms with Crippen molar-refractivity contribution in [3.63, 3.8) is 0 Å². The van der Waals surface area contributed by atoms with Gasteiger partial charge in [0.05, 0.1) is 15.1 Å². The molecule has 0 N–H and O–H groups in total. The minimum Gasteiger partial charge on any atom is -0.456 e. The van der Waals surface area contributed by atoms with E-state index in [-0.39, 0.29) is 50.5 Å². The number of hydrogen-bond acceptors (Lipinski definition) is 4. The van der Waals surface area contributed by atoms with E-state index in [1.807, 2.05) is 109 Å². The first-order chi connectivity index (χ1) is 28.8. The van der Waals surface area contributed by atoms with E-state index < -0.39 is 72.0 Å². The van der Waals surface area contributed by atoms with Crippen LogP contribution < -0.4 is 0 Å². The number of furan rings is 1. The molecule has 0 fully saturated rings. The second kappa shape index (κ2) is 12.2. The van der Waals surface area contributed by atoms with Crippen LogP contribution in [0.1, 0.15) is 15.1 Å². The normalized spacial score (nSPS) is 14.4. The Morgan fingerprint density at radius 2 is 0.776 bits per heavy atom. The Kier molecular flexibility index (Phi) is 4.78. The monoisotopic (exact) mass is 638 g/mol. The smallest absolute Gasteiger partial charge is 0.164 e. The molecule has 0 radical (unpaired) electrons. The Labute approximate surface area is 299 Å². The number of nitrogens with zero attached hydrogens (tertiary/aromatic N) is 3. The highest BCUT2D eigenvalue weighted by atomic mass is 16.3. The van der Waals surface area contributed by atoms with Crippen molar-refractivity contribution in [2.45, 2.75) is 0 Å². The standard InChI is InChI=1S/C45H29N3O/c1-4-12-30(13-5-1)32-22-26-35(27-23-32)43-46-44(36-28-24-33(25-29-36)31-14-6-2-7-15-31)48-45(47-43)38-19-11-21-40-42(38)41-37(18-10-20-39(41)49-40)34-16-8-3-9-17-34/h1-29H/i3D,8D,9D,10D,11D,16D,17D,18D,19D,20D,21D. The van der Waals surface area contributed by atoms with Gasteiger partial charge >= 0.3 is 0 Å². The first-order valence-corrected chi connectivity index (χ1v) is 15.5. The van der Waals surface area contributed by atoms with Crippen LogP contribution in [0.25, 0.3) is 89.5 Å². The summed E-state index contributed by atoms with van der Waals surface area (Å²) in [5, 5.41) is -0.253. The molecule has 230 valence electrons. The second-order valence-corrected chi connectivity index (χ2v) is 11.2. The molecule has 4 heteroatoms. The third kappa shape index (κ3) is 5.35. The zero-order valence-electron chi connectivity index (χ0n) is 36.6. The molecule has 9 aromatic rings. The van der Waals surface area contributed by atoms with Crippen molar-refractivity contribution >= 4 is 21.9 Å². The average Bonchev–Trinajstić information content (AvgIpc) is 3.68. The fourth-order valence-electron chi connectivity index (χ4n) is 5.87. The number of aromatic nitrogens is 3. The molecule has 0 saturated carbocycles. The third-order valence-corrected chi connectivity index (χ3v) is 8.24. The Morgan fingerprint density at radius 1 is 0.347 bits per heavy atom. The first kappa shape index (κ1) is 19.2. The predicted octanol–water partition coefficient (Wildman–Crippen LogP) is 11.8. The zero-order valence-corrected chi connectivity index (χ0v) is 25.6. The molecule has 0 spiro atoms. The number of fused-ring (bicyclic) bond motifs is 3. The lowest BCUT2D eigenvalue weighted by Crippen LogP contribution is -2.00. The minimum atomic E-state index is -0.688. The molecule has 0 aliphatic carbocycles. The summed E-state index contributed by atoms with van der Waals surface area (Å²) in [6.07, 6.45) is 0. The maximum atomic E-state index is 9.33. The van der Waals surface area contributed by atoms with Gasteiger partial charge in [-0.05, 0) is 45.5 Å².